The second kappa shape index (κ2) is 7.75. The molecule has 0 amide bonds. The molecular weight excluding hydrogens is 436 g/mol. The van der Waals surface area contributed by atoms with Crippen LogP contribution in [0.4, 0.5) is 0 Å². The predicted molar refractivity (Wildman–Crippen MR) is 128 cm³/mol. The third-order valence-corrected chi connectivity index (χ3v) is 6.37. The Kier molecular flexibility index (Phi) is 4.58. The maximum atomic E-state index is 6.32. The summed E-state index contributed by atoms with van der Waals surface area (Å²) in [5, 5.41) is 7.47. The van der Waals surface area contributed by atoms with E-state index in [0.29, 0.717) is 22.9 Å². The summed E-state index contributed by atoms with van der Waals surface area (Å²) in [6, 6.07) is 19.6. The highest BCUT2D eigenvalue weighted by atomic mass is 32.1. The molecule has 0 spiro atoms. The summed E-state index contributed by atoms with van der Waals surface area (Å²) in [6.07, 6.45) is 1.64. The lowest BCUT2D eigenvalue weighted by molar-refractivity contribution is 0.414. The van der Waals surface area contributed by atoms with Crippen molar-refractivity contribution in [1.82, 2.24) is 19.6 Å². The number of hydrogen-bond donors (Lipinski definition) is 0. The van der Waals surface area contributed by atoms with Crippen molar-refractivity contribution in [3.05, 3.63) is 72.4 Å². The first-order valence-corrected chi connectivity index (χ1v) is 11.1. The van der Waals surface area contributed by atoms with Gasteiger partial charge in [0.1, 0.15) is 23.6 Å². The van der Waals surface area contributed by atoms with Crippen LogP contribution in [0.15, 0.2) is 76.8 Å². The Morgan fingerprint density at radius 3 is 2.21 bits per heavy atom. The summed E-state index contributed by atoms with van der Waals surface area (Å²) in [5.41, 5.74) is 3.98. The fourth-order valence-corrected chi connectivity index (χ4v) is 4.54. The van der Waals surface area contributed by atoms with Crippen LogP contribution in [0.5, 0.6) is 11.5 Å². The minimum absolute atomic E-state index is 0.504. The van der Waals surface area contributed by atoms with Crippen LogP contribution in [0.3, 0.4) is 0 Å². The Bertz CT molecular complexity index is 1570. The van der Waals surface area contributed by atoms with Gasteiger partial charge in [-0.3, -0.25) is 0 Å². The van der Waals surface area contributed by atoms with Crippen LogP contribution in [-0.4, -0.2) is 33.8 Å². The van der Waals surface area contributed by atoms with E-state index in [2.05, 4.69) is 10.1 Å². The van der Waals surface area contributed by atoms with Crippen LogP contribution in [-0.2, 0) is 0 Å². The number of benzene rings is 2. The van der Waals surface area contributed by atoms with Crippen molar-refractivity contribution in [2.45, 2.75) is 0 Å². The van der Waals surface area contributed by atoms with E-state index in [0.717, 1.165) is 38.5 Å². The summed E-state index contributed by atoms with van der Waals surface area (Å²) in [5.74, 6) is 2.92. The lowest BCUT2D eigenvalue weighted by atomic mass is 9.99. The van der Waals surface area contributed by atoms with Gasteiger partial charge < -0.3 is 13.9 Å². The van der Waals surface area contributed by atoms with Crippen molar-refractivity contribution in [2.75, 3.05) is 14.2 Å². The molecule has 0 unspecified atom stereocenters. The van der Waals surface area contributed by atoms with Gasteiger partial charge in [0.05, 0.1) is 24.5 Å². The molecule has 6 aromatic rings. The summed E-state index contributed by atoms with van der Waals surface area (Å²) >= 11 is 1.60. The van der Waals surface area contributed by atoms with Gasteiger partial charge in [-0.05, 0) is 53.4 Å². The molecular formula is C25H18N4O3S. The molecule has 4 heterocycles. The van der Waals surface area contributed by atoms with Crippen LogP contribution < -0.4 is 9.47 Å². The summed E-state index contributed by atoms with van der Waals surface area (Å²) in [7, 11) is 3.30. The van der Waals surface area contributed by atoms with Gasteiger partial charge in [-0.15, -0.1) is 16.4 Å². The SMILES string of the molecule is COc1ccc(-c2oc3ncn4nc(-c5cccs5)nc4c3c2-c2ccc(OC)cc2)cc1. The van der Waals surface area contributed by atoms with Gasteiger partial charge in [0.15, 0.2) is 11.5 Å². The van der Waals surface area contributed by atoms with E-state index in [1.54, 1.807) is 36.4 Å². The Labute approximate surface area is 192 Å². The molecule has 0 N–H and O–H groups in total. The second-order valence-electron chi connectivity index (χ2n) is 7.37. The molecule has 0 saturated heterocycles. The molecule has 0 aliphatic heterocycles. The van der Waals surface area contributed by atoms with E-state index in [9.17, 15) is 0 Å². The minimum atomic E-state index is 0.504. The number of aromatic nitrogens is 4. The Balaban J connectivity index is 1.65. The van der Waals surface area contributed by atoms with Crippen molar-refractivity contribution in [3.63, 3.8) is 0 Å². The molecule has 162 valence electrons. The van der Waals surface area contributed by atoms with Crippen LogP contribution in [0.2, 0.25) is 0 Å². The highest BCUT2D eigenvalue weighted by Crippen LogP contribution is 2.42. The van der Waals surface area contributed by atoms with Crippen LogP contribution in [0.25, 0.3) is 49.9 Å². The van der Waals surface area contributed by atoms with Crippen LogP contribution in [0.1, 0.15) is 0 Å². The maximum Gasteiger partial charge on any atom is 0.232 e. The molecule has 4 aromatic heterocycles. The lowest BCUT2D eigenvalue weighted by Crippen LogP contribution is -1.91. The van der Waals surface area contributed by atoms with Crippen molar-refractivity contribution in [1.29, 1.82) is 0 Å². The van der Waals surface area contributed by atoms with Gasteiger partial charge >= 0.3 is 0 Å². The molecule has 0 radical (unpaired) electrons. The highest BCUT2D eigenvalue weighted by molar-refractivity contribution is 7.13. The molecule has 8 heteroatoms. The predicted octanol–water partition coefficient (Wildman–Crippen LogP) is 5.95. The smallest absolute Gasteiger partial charge is 0.232 e. The molecule has 0 fully saturated rings. The zero-order valence-electron chi connectivity index (χ0n) is 17.9. The number of methoxy groups -OCH3 is 2. The number of hydrogen-bond acceptors (Lipinski definition) is 7. The molecule has 7 nitrogen and oxygen atoms in total. The largest absolute Gasteiger partial charge is 0.497 e. The van der Waals surface area contributed by atoms with E-state index >= 15 is 0 Å². The molecule has 6 rings (SSSR count). The quantitative estimate of drug-likeness (QED) is 0.320. The zero-order chi connectivity index (χ0) is 22.4. The van der Waals surface area contributed by atoms with Gasteiger partial charge in [-0.25, -0.2) is 14.5 Å². The molecule has 0 aliphatic rings. The zero-order valence-corrected chi connectivity index (χ0v) is 18.7. The molecule has 0 atom stereocenters. The van der Waals surface area contributed by atoms with E-state index in [-0.39, 0.29) is 0 Å². The third-order valence-electron chi connectivity index (χ3n) is 5.50. The van der Waals surface area contributed by atoms with Crippen LogP contribution in [0, 0.1) is 0 Å². The third kappa shape index (κ3) is 3.23. The molecule has 2 aromatic carbocycles. The van der Waals surface area contributed by atoms with Crippen molar-refractivity contribution in [3.8, 4) is 44.7 Å². The van der Waals surface area contributed by atoms with Gasteiger partial charge in [-0.2, -0.15) is 0 Å². The Morgan fingerprint density at radius 1 is 0.879 bits per heavy atom. The fraction of sp³-hybridized carbons (Fsp3) is 0.0800. The van der Waals surface area contributed by atoms with Crippen molar-refractivity contribution >= 4 is 28.1 Å². The number of furan rings is 1. The van der Waals surface area contributed by atoms with Gasteiger partial charge in [0.25, 0.3) is 0 Å². The highest BCUT2D eigenvalue weighted by Gasteiger charge is 2.23. The van der Waals surface area contributed by atoms with Crippen molar-refractivity contribution < 1.29 is 13.9 Å². The summed E-state index contributed by atoms with van der Waals surface area (Å²) in [4.78, 5) is 10.4. The number of nitrogens with zero attached hydrogens (tertiary/aromatic N) is 4. The maximum absolute atomic E-state index is 6.32. The Hall–Kier alpha value is -4.17. The number of thiophene rings is 1. The van der Waals surface area contributed by atoms with Gasteiger partial charge in [0, 0.05) is 11.1 Å². The van der Waals surface area contributed by atoms with Crippen LogP contribution >= 0.6 is 11.3 Å². The number of rotatable bonds is 5. The topological polar surface area (TPSA) is 74.7 Å². The van der Waals surface area contributed by atoms with Crippen molar-refractivity contribution in [2.24, 2.45) is 0 Å². The molecule has 0 bridgehead atoms. The van der Waals surface area contributed by atoms with Gasteiger partial charge in [-0.1, -0.05) is 18.2 Å². The first-order valence-electron chi connectivity index (χ1n) is 10.3. The summed E-state index contributed by atoms with van der Waals surface area (Å²) in [6.45, 7) is 0. The monoisotopic (exact) mass is 454 g/mol. The Morgan fingerprint density at radius 2 is 1.58 bits per heavy atom. The lowest BCUT2D eigenvalue weighted by Gasteiger charge is -2.06. The molecule has 33 heavy (non-hydrogen) atoms. The van der Waals surface area contributed by atoms with E-state index in [4.69, 9.17) is 18.9 Å². The van der Waals surface area contributed by atoms with E-state index in [1.165, 1.54) is 0 Å². The van der Waals surface area contributed by atoms with Gasteiger partial charge in [0.2, 0.25) is 5.71 Å². The number of fused-ring (bicyclic) bond motifs is 3. The standard InChI is InChI=1S/C25H18N4O3S/c1-30-17-9-5-15(6-10-17)20-21-24-27-23(19-4-3-13-33-19)28-29(24)14-26-25(21)32-22(20)16-7-11-18(31-2)12-8-16/h3-14H,1-2H3. The first kappa shape index (κ1) is 19.5. The normalized spacial score (nSPS) is 11.3. The molecule has 0 aliphatic carbocycles. The van der Waals surface area contributed by atoms with E-state index in [1.807, 2.05) is 66.0 Å². The minimum Gasteiger partial charge on any atom is -0.497 e. The molecule has 0 saturated carbocycles. The fourth-order valence-electron chi connectivity index (χ4n) is 3.89. The number of ether oxygens (including phenoxy) is 2. The first-order chi connectivity index (χ1) is 16.2. The van der Waals surface area contributed by atoms with E-state index < -0.39 is 0 Å². The summed E-state index contributed by atoms with van der Waals surface area (Å²) < 4.78 is 18.7. The second-order valence-corrected chi connectivity index (χ2v) is 8.32. The average Bonchev–Trinajstić information content (AvgIpc) is 3.61. The average molecular weight is 455 g/mol.